The van der Waals surface area contributed by atoms with E-state index in [1.165, 1.54) is 13.2 Å². The maximum absolute atomic E-state index is 12.5. The summed E-state index contributed by atoms with van der Waals surface area (Å²) in [6, 6.07) is 9.76. The molecule has 1 aliphatic carbocycles. The molecule has 26 heavy (non-hydrogen) atoms. The molecule has 1 saturated carbocycles. The van der Waals surface area contributed by atoms with Gasteiger partial charge < -0.3 is 15.4 Å². The Kier molecular flexibility index (Phi) is 5.37. The van der Waals surface area contributed by atoms with Gasteiger partial charge in [-0.25, -0.2) is 4.79 Å². The van der Waals surface area contributed by atoms with Crippen molar-refractivity contribution in [2.45, 2.75) is 37.8 Å². The van der Waals surface area contributed by atoms with Gasteiger partial charge in [-0.05, 0) is 30.7 Å². The van der Waals surface area contributed by atoms with E-state index in [1.807, 2.05) is 30.3 Å². The van der Waals surface area contributed by atoms with E-state index >= 15 is 0 Å². The number of aromatic amines is 1. The second-order valence-electron chi connectivity index (χ2n) is 6.91. The van der Waals surface area contributed by atoms with Crippen LogP contribution in [-0.2, 0) is 24.7 Å². The van der Waals surface area contributed by atoms with Crippen molar-refractivity contribution in [3.63, 3.8) is 0 Å². The highest BCUT2D eigenvalue weighted by atomic mass is 16.3. The fourth-order valence-electron chi connectivity index (χ4n) is 3.33. The Morgan fingerprint density at radius 3 is 2.65 bits per heavy atom. The van der Waals surface area contributed by atoms with E-state index in [4.69, 9.17) is 0 Å². The number of benzene rings is 1. The molecule has 1 atom stereocenters. The number of nitrogens with one attached hydrogen (secondary N) is 2. The molecule has 0 saturated heterocycles. The molecular weight excluding hydrogens is 334 g/mol. The number of hydrogen-bond donors (Lipinski definition) is 3. The summed E-state index contributed by atoms with van der Waals surface area (Å²) >= 11 is 0. The summed E-state index contributed by atoms with van der Waals surface area (Å²) in [5, 5.41) is 12.6. The fourth-order valence-corrected chi connectivity index (χ4v) is 3.33. The van der Waals surface area contributed by atoms with Crippen molar-refractivity contribution in [2.24, 2.45) is 13.0 Å². The zero-order valence-electron chi connectivity index (χ0n) is 14.6. The molecule has 3 rings (SSSR count). The third kappa shape index (κ3) is 4.11. The minimum absolute atomic E-state index is 0.0932. The van der Waals surface area contributed by atoms with E-state index in [0.717, 1.165) is 10.1 Å². The average Bonchev–Trinajstić information content (AvgIpc) is 2.60. The number of aliphatic hydroxyl groups is 1. The molecule has 1 aromatic carbocycles. The zero-order chi connectivity index (χ0) is 18.7. The van der Waals surface area contributed by atoms with Gasteiger partial charge in [0.2, 0.25) is 5.91 Å². The number of hydrogen-bond acceptors (Lipinski definition) is 4. The molecular formula is C19H23N3O4. The predicted octanol–water partition coefficient (Wildman–Crippen LogP) is 0.114. The summed E-state index contributed by atoms with van der Waals surface area (Å²) in [6.07, 6.45) is 2.90. The lowest BCUT2D eigenvalue weighted by atomic mass is 9.75. The Balaban J connectivity index is 1.70. The Morgan fingerprint density at radius 2 is 2.00 bits per heavy atom. The highest BCUT2D eigenvalue weighted by Gasteiger charge is 2.34. The first-order chi connectivity index (χ1) is 12.4. The van der Waals surface area contributed by atoms with Crippen molar-refractivity contribution < 1.29 is 9.90 Å². The molecule has 1 aromatic heterocycles. The highest BCUT2D eigenvalue weighted by Crippen LogP contribution is 2.31. The van der Waals surface area contributed by atoms with E-state index in [-0.39, 0.29) is 36.0 Å². The van der Waals surface area contributed by atoms with Crippen LogP contribution in [0.1, 0.15) is 24.0 Å². The van der Waals surface area contributed by atoms with E-state index in [0.29, 0.717) is 19.3 Å². The highest BCUT2D eigenvalue weighted by molar-refractivity contribution is 5.78. The second kappa shape index (κ2) is 7.70. The van der Waals surface area contributed by atoms with Gasteiger partial charge in [-0.1, -0.05) is 30.3 Å². The minimum Gasteiger partial charge on any atom is -0.393 e. The molecule has 0 aliphatic heterocycles. The predicted molar refractivity (Wildman–Crippen MR) is 96.8 cm³/mol. The van der Waals surface area contributed by atoms with Crippen LogP contribution in [0.3, 0.4) is 0 Å². The Labute approximate surface area is 150 Å². The summed E-state index contributed by atoms with van der Waals surface area (Å²) in [5.41, 5.74) is 0.378. The monoisotopic (exact) mass is 357 g/mol. The van der Waals surface area contributed by atoms with Crippen LogP contribution in [0.15, 0.2) is 46.1 Å². The van der Waals surface area contributed by atoms with Crippen LogP contribution in [-0.4, -0.2) is 32.7 Å². The van der Waals surface area contributed by atoms with Gasteiger partial charge >= 0.3 is 5.69 Å². The minimum atomic E-state index is -0.510. The van der Waals surface area contributed by atoms with E-state index in [9.17, 15) is 19.5 Å². The first-order valence-electron chi connectivity index (χ1n) is 8.73. The number of H-pyrrole nitrogens is 1. The Bertz CT molecular complexity index is 882. The molecule has 0 spiro atoms. The standard InChI is InChI=1S/C19H23N3O4/c1-22-18(25)14(11-20-19(22)26)10-17(24)21-16(13-8-15(23)9-13)7-12-5-3-2-4-6-12/h2-6,11,13,15-16,23H,7-10H2,1H3,(H,20,26)(H,21,24)/t13?,15?,16-/m0/s1. The molecule has 0 radical (unpaired) electrons. The van der Waals surface area contributed by atoms with Gasteiger partial charge in [-0.2, -0.15) is 0 Å². The number of nitrogens with zero attached hydrogens (tertiary/aromatic N) is 1. The van der Waals surface area contributed by atoms with Gasteiger partial charge in [0, 0.05) is 24.8 Å². The molecule has 0 unspecified atom stereocenters. The van der Waals surface area contributed by atoms with Crippen LogP contribution in [0, 0.1) is 5.92 Å². The largest absolute Gasteiger partial charge is 0.393 e. The molecule has 1 aliphatic rings. The zero-order valence-corrected chi connectivity index (χ0v) is 14.6. The van der Waals surface area contributed by atoms with Crippen LogP contribution in [0.4, 0.5) is 0 Å². The van der Waals surface area contributed by atoms with Gasteiger partial charge in [-0.3, -0.25) is 14.2 Å². The van der Waals surface area contributed by atoms with Crippen molar-refractivity contribution in [3.8, 4) is 0 Å². The van der Waals surface area contributed by atoms with Crippen LogP contribution < -0.4 is 16.6 Å². The molecule has 1 heterocycles. The number of rotatable bonds is 6. The molecule has 7 nitrogen and oxygen atoms in total. The summed E-state index contributed by atoms with van der Waals surface area (Å²) in [5.74, 6) is -0.0518. The second-order valence-corrected chi connectivity index (χ2v) is 6.91. The van der Waals surface area contributed by atoms with Crippen LogP contribution in [0.2, 0.25) is 0 Å². The van der Waals surface area contributed by atoms with Crippen molar-refractivity contribution in [1.82, 2.24) is 14.9 Å². The van der Waals surface area contributed by atoms with Crippen molar-refractivity contribution in [3.05, 3.63) is 68.5 Å². The van der Waals surface area contributed by atoms with E-state index in [2.05, 4.69) is 10.3 Å². The Morgan fingerprint density at radius 1 is 1.31 bits per heavy atom. The maximum atomic E-state index is 12.5. The van der Waals surface area contributed by atoms with Crippen molar-refractivity contribution >= 4 is 5.91 Å². The summed E-state index contributed by atoms with van der Waals surface area (Å²) in [6.45, 7) is 0. The van der Waals surface area contributed by atoms with Gasteiger partial charge in [-0.15, -0.1) is 0 Å². The number of carbonyl (C=O) groups excluding carboxylic acids is 1. The van der Waals surface area contributed by atoms with Crippen molar-refractivity contribution in [2.75, 3.05) is 0 Å². The quantitative estimate of drug-likeness (QED) is 0.683. The van der Waals surface area contributed by atoms with Gasteiger partial charge in [0.1, 0.15) is 0 Å². The number of amides is 1. The van der Waals surface area contributed by atoms with Gasteiger partial charge in [0.05, 0.1) is 12.5 Å². The molecule has 3 N–H and O–H groups in total. The number of carbonyl (C=O) groups is 1. The van der Waals surface area contributed by atoms with Crippen LogP contribution in [0.5, 0.6) is 0 Å². The van der Waals surface area contributed by atoms with Crippen molar-refractivity contribution in [1.29, 1.82) is 0 Å². The molecule has 138 valence electrons. The normalized spacial score (nSPS) is 20.2. The molecule has 2 aromatic rings. The van der Waals surface area contributed by atoms with Crippen LogP contribution >= 0.6 is 0 Å². The first-order valence-corrected chi connectivity index (χ1v) is 8.73. The summed E-state index contributed by atoms with van der Waals surface area (Å²) in [7, 11) is 1.37. The third-order valence-corrected chi connectivity index (χ3v) is 4.97. The Hall–Kier alpha value is -2.67. The molecule has 0 bridgehead atoms. The van der Waals surface area contributed by atoms with Gasteiger partial charge in [0.15, 0.2) is 0 Å². The molecule has 1 amide bonds. The third-order valence-electron chi connectivity index (χ3n) is 4.97. The van der Waals surface area contributed by atoms with E-state index in [1.54, 1.807) is 0 Å². The van der Waals surface area contributed by atoms with Gasteiger partial charge in [0.25, 0.3) is 5.56 Å². The topological polar surface area (TPSA) is 104 Å². The SMILES string of the molecule is Cn1c(=O)[nH]cc(CC(=O)N[C@@H](Cc2ccccc2)C2CC(O)C2)c1=O. The lowest BCUT2D eigenvalue weighted by Crippen LogP contribution is -2.49. The average molecular weight is 357 g/mol. The summed E-state index contributed by atoms with van der Waals surface area (Å²) < 4.78 is 0.951. The molecule has 1 fully saturated rings. The van der Waals surface area contributed by atoms with E-state index < -0.39 is 11.2 Å². The smallest absolute Gasteiger partial charge is 0.328 e. The van der Waals surface area contributed by atoms with Crippen LogP contribution in [0.25, 0.3) is 0 Å². The lowest BCUT2D eigenvalue weighted by Gasteiger charge is -2.38. The molecule has 7 heteroatoms. The summed E-state index contributed by atoms with van der Waals surface area (Å²) in [4.78, 5) is 38.4. The first kappa shape index (κ1) is 18.1. The maximum Gasteiger partial charge on any atom is 0.328 e. The number of aromatic nitrogens is 2. The number of aliphatic hydroxyl groups excluding tert-OH is 1. The lowest BCUT2D eigenvalue weighted by molar-refractivity contribution is -0.122. The fraction of sp³-hybridized carbons (Fsp3) is 0.421.